The number of thiophene rings is 1. The van der Waals surface area contributed by atoms with Crippen molar-refractivity contribution >= 4 is 28.3 Å². The Morgan fingerprint density at radius 2 is 2.00 bits per heavy atom. The number of aryl methyl sites for hydroxylation is 2. The number of carbonyl (C=O) groups is 1. The van der Waals surface area contributed by atoms with Gasteiger partial charge in [0.1, 0.15) is 18.2 Å². The molecule has 0 aliphatic rings. The minimum absolute atomic E-state index is 0.0363. The second kappa shape index (κ2) is 9.13. The maximum atomic E-state index is 12.2. The van der Waals surface area contributed by atoms with E-state index in [1.807, 2.05) is 41.8 Å². The maximum absolute atomic E-state index is 12.2. The summed E-state index contributed by atoms with van der Waals surface area (Å²) in [6.45, 7) is 5.94. The van der Waals surface area contributed by atoms with E-state index in [4.69, 9.17) is 9.72 Å². The Balaban J connectivity index is 1.44. The van der Waals surface area contributed by atoms with E-state index in [-0.39, 0.29) is 5.91 Å². The summed E-state index contributed by atoms with van der Waals surface area (Å²) in [5.41, 5.74) is 4.42. The van der Waals surface area contributed by atoms with E-state index >= 15 is 0 Å². The zero-order chi connectivity index (χ0) is 20.9. The molecule has 0 saturated heterocycles. The van der Waals surface area contributed by atoms with Crippen molar-refractivity contribution < 1.29 is 9.53 Å². The zero-order valence-electron chi connectivity index (χ0n) is 17.2. The molecule has 0 spiro atoms. The van der Waals surface area contributed by atoms with Crippen molar-refractivity contribution in [3.05, 3.63) is 81.8 Å². The van der Waals surface area contributed by atoms with Crippen molar-refractivity contribution in [2.24, 2.45) is 0 Å². The standard InChI is InChI=1S/C24H25N3O2S/c1-17-9-10-21(18(2)16-17)29-14-13-27-20-7-4-3-6-19(20)26-23(27)11-12-25-24(28)22-8-5-15-30-22/h3-10,15-16H,11-14H2,1-2H3,(H,25,28). The number of ether oxygens (including phenoxy) is 1. The minimum atomic E-state index is -0.0363. The molecular weight excluding hydrogens is 394 g/mol. The van der Waals surface area contributed by atoms with Crippen LogP contribution < -0.4 is 10.1 Å². The van der Waals surface area contributed by atoms with Crippen molar-refractivity contribution in [2.75, 3.05) is 13.2 Å². The number of nitrogens with zero attached hydrogens (tertiary/aromatic N) is 2. The van der Waals surface area contributed by atoms with Gasteiger partial charge < -0.3 is 14.6 Å². The van der Waals surface area contributed by atoms with Crippen LogP contribution in [0.25, 0.3) is 11.0 Å². The molecule has 0 fully saturated rings. The molecule has 154 valence electrons. The summed E-state index contributed by atoms with van der Waals surface area (Å²) in [7, 11) is 0. The molecule has 1 N–H and O–H groups in total. The van der Waals surface area contributed by atoms with Crippen molar-refractivity contribution in [1.29, 1.82) is 0 Å². The van der Waals surface area contributed by atoms with Gasteiger partial charge in [0.05, 0.1) is 22.5 Å². The first-order valence-electron chi connectivity index (χ1n) is 10.1. The third-order valence-electron chi connectivity index (χ3n) is 5.02. The molecule has 2 aromatic carbocycles. The lowest BCUT2D eigenvalue weighted by molar-refractivity contribution is 0.0958. The van der Waals surface area contributed by atoms with E-state index < -0.39 is 0 Å². The summed E-state index contributed by atoms with van der Waals surface area (Å²) in [4.78, 5) is 17.7. The molecule has 0 saturated carbocycles. The highest BCUT2D eigenvalue weighted by molar-refractivity contribution is 7.12. The van der Waals surface area contributed by atoms with Crippen LogP contribution in [-0.2, 0) is 13.0 Å². The van der Waals surface area contributed by atoms with Gasteiger partial charge in [-0.15, -0.1) is 11.3 Å². The molecule has 2 aromatic heterocycles. The molecule has 5 nitrogen and oxygen atoms in total. The van der Waals surface area contributed by atoms with Crippen LogP contribution in [0, 0.1) is 13.8 Å². The number of nitrogens with one attached hydrogen (secondary N) is 1. The minimum Gasteiger partial charge on any atom is -0.491 e. The van der Waals surface area contributed by atoms with Crippen molar-refractivity contribution in [2.45, 2.75) is 26.8 Å². The summed E-state index contributed by atoms with van der Waals surface area (Å²) >= 11 is 1.45. The van der Waals surface area contributed by atoms with E-state index in [1.165, 1.54) is 16.9 Å². The van der Waals surface area contributed by atoms with Crippen LogP contribution in [0.4, 0.5) is 0 Å². The number of hydrogen-bond acceptors (Lipinski definition) is 4. The molecule has 4 aromatic rings. The highest BCUT2D eigenvalue weighted by atomic mass is 32.1. The first kappa shape index (κ1) is 20.2. The van der Waals surface area contributed by atoms with Crippen LogP contribution in [0.1, 0.15) is 26.6 Å². The molecule has 0 bridgehead atoms. The normalized spacial score (nSPS) is 11.0. The molecule has 0 aliphatic heterocycles. The predicted molar refractivity (Wildman–Crippen MR) is 122 cm³/mol. The van der Waals surface area contributed by atoms with Gasteiger partial charge in [0, 0.05) is 13.0 Å². The summed E-state index contributed by atoms with van der Waals surface area (Å²) in [5.74, 6) is 1.83. The molecule has 0 aliphatic carbocycles. The average Bonchev–Trinajstić information content (AvgIpc) is 3.38. The maximum Gasteiger partial charge on any atom is 0.261 e. The van der Waals surface area contributed by atoms with Crippen LogP contribution >= 0.6 is 11.3 Å². The number of rotatable bonds is 8. The Bertz CT molecular complexity index is 1150. The van der Waals surface area contributed by atoms with Gasteiger partial charge in [-0.2, -0.15) is 0 Å². The highest BCUT2D eigenvalue weighted by Gasteiger charge is 2.12. The number of hydrogen-bond donors (Lipinski definition) is 1. The molecule has 4 rings (SSSR count). The van der Waals surface area contributed by atoms with Crippen molar-refractivity contribution in [3.63, 3.8) is 0 Å². The van der Waals surface area contributed by atoms with Crippen LogP contribution in [0.15, 0.2) is 60.0 Å². The molecule has 30 heavy (non-hydrogen) atoms. The number of carbonyl (C=O) groups excluding carboxylic acids is 1. The largest absolute Gasteiger partial charge is 0.491 e. The lowest BCUT2D eigenvalue weighted by Gasteiger charge is -2.13. The summed E-state index contributed by atoms with van der Waals surface area (Å²) in [6.07, 6.45) is 0.662. The Labute approximate surface area is 180 Å². The number of para-hydroxylation sites is 2. The SMILES string of the molecule is Cc1ccc(OCCn2c(CCNC(=O)c3cccs3)nc3ccccc32)c(C)c1. The van der Waals surface area contributed by atoms with Crippen molar-refractivity contribution in [1.82, 2.24) is 14.9 Å². The van der Waals surface area contributed by atoms with E-state index in [9.17, 15) is 4.79 Å². The Kier molecular flexibility index (Phi) is 6.14. The van der Waals surface area contributed by atoms with Crippen LogP contribution in [0.3, 0.4) is 0 Å². The first-order chi connectivity index (χ1) is 14.6. The van der Waals surface area contributed by atoms with Gasteiger partial charge in [-0.25, -0.2) is 4.98 Å². The van der Waals surface area contributed by atoms with Gasteiger partial charge in [0.25, 0.3) is 5.91 Å². The smallest absolute Gasteiger partial charge is 0.261 e. The quantitative estimate of drug-likeness (QED) is 0.448. The van der Waals surface area contributed by atoms with E-state index in [1.54, 1.807) is 0 Å². The summed E-state index contributed by atoms with van der Waals surface area (Å²) < 4.78 is 8.23. The average molecular weight is 420 g/mol. The van der Waals surface area contributed by atoms with Gasteiger partial charge in [-0.1, -0.05) is 35.9 Å². The monoisotopic (exact) mass is 419 g/mol. The second-order valence-electron chi connectivity index (χ2n) is 7.27. The van der Waals surface area contributed by atoms with Gasteiger partial charge in [0.15, 0.2) is 0 Å². The fourth-order valence-electron chi connectivity index (χ4n) is 3.56. The predicted octanol–water partition coefficient (Wildman–Crippen LogP) is 4.77. The Morgan fingerprint density at radius 1 is 1.13 bits per heavy atom. The molecule has 0 radical (unpaired) electrons. The molecule has 1 amide bonds. The van der Waals surface area contributed by atoms with E-state index in [0.717, 1.165) is 33.0 Å². The molecule has 6 heteroatoms. The number of aromatic nitrogens is 2. The van der Waals surface area contributed by atoms with Gasteiger partial charge in [-0.05, 0) is 49.1 Å². The number of benzene rings is 2. The van der Waals surface area contributed by atoms with Gasteiger partial charge in [-0.3, -0.25) is 4.79 Å². The van der Waals surface area contributed by atoms with Gasteiger partial charge >= 0.3 is 0 Å². The highest BCUT2D eigenvalue weighted by Crippen LogP contribution is 2.20. The third kappa shape index (κ3) is 4.54. The van der Waals surface area contributed by atoms with Crippen LogP contribution in [0.2, 0.25) is 0 Å². The molecule has 0 unspecified atom stereocenters. The topological polar surface area (TPSA) is 56.1 Å². The fraction of sp³-hybridized carbons (Fsp3) is 0.250. The summed E-state index contributed by atoms with van der Waals surface area (Å²) in [5, 5.41) is 4.89. The lowest BCUT2D eigenvalue weighted by atomic mass is 10.1. The molecule has 0 atom stereocenters. The summed E-state index contributed by atoms with van der Waals surface area (Å²) in [6, 6.07) is 18.0. The van der Waals surface area contributed by atoms with Crippen molar-refractivity contribution in [3.8, 4) is 5.75 Å². The third-order valence-corrected chi connectivity index (χ3v) is 5.88. The van der Waals surface area contributed by atoms with Gasteiger partial charge in [0.2, 0.25) is 0 Å². The fourth-order valence-corrected chi connectivity index (χ4v) is 4.20. The Hall–Kier alpha value is -3.12. The molecular formula is C24H25N3O2S. The first-order valence-corrected chi connectivity index (χ1v) is 11.0. The lowest BCUT2D eigenvalue weighted by Crippen LogP contribution is -2.26. The molecule has 2 heterocycles. The second-order valence-corrected chi connectivity index (χ2v) is 8.22. The Morgan fingerprint density at radius 3 is 2.80 bits per heavy atom. The zero-order valence-corrected chi connectivity index (χ0v) is 18.0. The van der Waals surface area contributed by atoms with Crippen LogP contribution in [-0.4, -0.2) is 28.6 Å². The van der Waals surface area contributed by atoms with E-state index in [2.05, 4.69) is 41.9 Å². The number of fused-ring (bicyclic) bond motifs is 1. The van der Waals surface area contributed by atoms with E-state index in [0.29, 0.717) is 26.1 Å². The van der Waals surface area contributed by atoms with Crippen LogP contribution in [0.5, 0.6) is 5.75 Å². The number of imidazole rings is 1. The number of amides is 1.